The lowest BCUT2D eigenvalue weighted by atomic mass is 9.89. The summed E-state index contributed by atoms with van der Waals surface area (Å²) >= 11 is 1.48. The maximum atomic E-state index is 11.4. The number of aryl methyl sites for hydroxylation is 4. The van der Waals surface area contributed by atoms with E-state index in [2.05, 4.69) is 26.0 Å². The quantitative estimate of drug-likeness (QED) is 0.593. The van der Waals surface area contributed by atoms with Crippen molar-refractivity contribution in [2.45, 2.75) is 27.7 Å². The zero-order chi connectivity index (χ0) is 19.0. The van der Waals surface area contributed by atoms with Crippen molar-refractivity contribution in [3.63, 3.8) is 0 Å². The van der Waals surface area contributed by atoms with Gasteiger partial charge in [0.1, 0.15) is 0 Å². The minimum absolute atomic E-state index is 0.376. The molecule has 26 heavy (non-hydrogen) atoms. The summed E-state index contributed by atoms with van der Waals surface area (Å²) in [6.45, 7) is 7.81. The third kappa shape index (κ3) is 3.20. The van der Waals surface area contributed by atoms with Crippen molar-refractivity contribution in [2.75, 3.05) is 0 Å². The van der Waals surface area contributed by atoms with E-state index in [-0.39, 0.29) is 0 Å². The molecule has 0 aliphatic carbocycles. The van der Waals surface area contributed by atoms with E-state index in [9.17, 15) is 14.7 Å². The first-order valence-corrected chi connectivity index (χ1v) is 9.15. The number of rotatable bonds is 4. The Labute approximate surface area is 156 Å². The Morgan fingerprint density at radius 2 is 1.42 bits per heavy atom. The van der Waals surface area contributed by atoms with E-state index in [1.807, 2.05) is 38.1 Å². The lowest BCUT2D eigenvalue weighted by Gasteiger charge is -2.15. The number of aldehydes is 1. The van der Waals surface area contributed by atoms with Crippen LogP contribution in [0.25, 0.3) is 21.6 Å². The average molecular weight is 364 g/mol. The number of aromatic carboxylic acids is 1. The first-order chi connectivity index (χ1) is 12.3. The summed E-state index contributed by atoms with van der Waals surface area (Å²) in [5, 5.41) is 9.38. The monoisotopic (exact) mass is 364 g/mol. The lowest BCUT2D eigenvalue weighted by Crippen LogP contribution is -2.03. The predicted molar refractivity (Wildman–Crippen MR) is 106 cm³/mol. The minimum Gasteiger partial charge on any atom is -0.478 e. The van der Waals surface area contributed by atoms with Crippen LogP contribution in [0.1, 0.15) is 42.3 Å². The standard InChI is InChI=1S/C22H20O3S/c1-12-7-16(19-6-5-18(11-23)26-19)8-13(2)20(12)17-9-14(3)21(22(24)25)15(4)10-17/h5-11H,1-4H3,(H,24,25). The van der Waals surface area contributed by atoms with Crippen LogP contribution in [0.5, 0.6) is 0 Å². The maximum Gasteiger partial charge on any atom is 0.336 e. The predicted octanol–water partition coefficient (Wildman–Crippen LogP) is 5.83. The van der Waals surface area contributed by atoms with Crippen molar-refractivity contribution in [2.24, 2.45) is 0 Å². The summed E-state index contributed by atoms with van der Waals surface area (Å²) in [6, 6.07) is 11.9. The van der Waals surface area contributed by atoms with Crippen LogP contribution in [-0.2, 0) is 0 Å². The molecule has 0 fully saturated rings. The second-order valence-electron chi connectivity index (χ2n) is 6.60. The summed E-state index contributed by atoms with van der Waals surface area (Å²) in [5.74, 6) is -0.890. The zero-order valence-corrected chi connectivity index (χ0v) is 16.0. The van der Waals surface area contributed by atoms with Crippen LogP contribution in [0.3, 0.4) is 0 Å². The molecular weight excluding hydrogens is 344 g/mol. The molecule has 0 radical (unpaired) electrons. The van der Waals surface area contributed by atoms with E-state index < -0.39 is 5.97 Å². The van der Waals surface area contributed by atoms with Crippen molar-refractivity contribution < 1.29 is 14.7 Å². The summed E-state index contributed by atoms with van der Waals surface area (Å²) in [4.78, 5) is 24.1. The Morgan fingerprint density at radius 3 is 1.88 bits per heavy atom. The number of hydrogen-bond donors (Lipinski definition) is 1. The zero-order valence-electron chi connectivity index (χ0n) is 15.2. The van der Waals surface area contributed by atoms with Crippen molar-refractivity contribution in [1.82, 2.24) is 0 Å². The summed E-state index contributed by atoms with van der Waals surface area (Å²) in [7, 11) is 0. The first-order valence-electron chi connectivity index (χ1n) is 8.33. The van der Waals surface area contributed by atoms with Gasteiger partial charge >= 0.3 is 5.97 Å². The number of carbonyl (C=O) groups is 2. The van der Waals surface area contributed by atoms with Gasteiger partial charge in [-0.15, -0.1) is 11.3 Å². The van der Waals surface area contributed by atoms with Crippen molar-refractivity contribution in [3.8, 4) is 21.6 Å². The molecule has 1 aromatic heterocycles. The Balaban J connectivity index is 2.12. The molecule has 0 amide bonds. The summed E-state index contributed by atoms with van der Waals surface area (Å²) in [5.41, 5.74) is 7.42. The molecule has 3 aromatic rings. The van der Waals surface area contributed by atoms with Crippen LogP contribution in [0.4, 0.5) is 0 Å². The van der Waals surface area contributed by atoms with Gasteiger partial charge in [0.25, 0.3) is 0 Å². The van der Waals surface area contributed by atoms with Gasteiger partial charge in [0.05, 0.1) is 10.4 Å². The molecule has 3 nitrogen and oxygen atoms in total. The van der Waals surface area contributed by atoms with Gasteiger partial charge in [0.2, 0.25) is 0 Å². The van der Waals surface area contributed by atoms with Crippen LogP contribution in [-0.4, -0.2) is 17.4 Å². The SMILES string of the molecule is Cc1cc(-c2c(C)cc(-c3ccc(C=O)s3)cc2C)cc(C)c1C(=O)O. The van der Waals surface area contributed by atoms with Gasteiger partial charge in [0, 0.05) is 4.88 Å². The van der Waals surface area contributed by atoms with Gasteiger partial charge in [-0.05, 0) is 90.9 Å². The molecule has 4 heteroatoms. The average Bonchev–Trinajstić information content (AvgIpc) is 3.02. The third-order valence-electron chi connectivity index (χ3n) is 4.60. The fourth-order valence-corrected chi connectivity index (χ4v) is 4.39. The van der Waals surface area contributed by atoms with Gasteiger partial charge < -0.3 is 5.11 Å². The van der Waals surface area contributed by atoms with Crippen molar-refractivity contribution in [1.29, 1.82) is 0 Å². The number of benzene rings is 2. The molecule has 0 atom stereocenters. The number of thiophene rings is 1. The maximum absolute atomic E-state index is 11.4. The van der Waals surface area contributed by atoms with E-state index in [0.717, 1.165) is 55.0 Å². The Morgan fingerprint density at radius 1 is 0.885 bits per heavy atom. The molecule has 0 aliphatic heterocycles. The lowest BCUT2D eigenvalue weighted by molar-refractivity contribution is 0.0695. The highest BCUT2D eigenvalue weighted by molar-refractivity contribution is 7.17. The van der Waals surface area contributed by atoms with Crippen LogP contribution in [0.15, 0.2) is 36.4 Å². The fraction of sp³-hybridized carbons (Fsp3) is 0.182. The van der Waals surface area contributed by atoms with Crippen molar-refractivity contribution >= 4 is 23.6 Å². The normalized spacial score (nSPS) is 10.8. The van der Waals surface area contributed by atoms with Crippen LogP contribution in [0, 0.1) is 27.7 Å². The van der Waals surface area contributed by atoms with E-state index in [1.165, 1.54) is 11.3 Å². The second-order valence-corrected chi connectivity index (χ2v) is 7.71. The molecule has 0 bridgehead atoms. The molecule has 0 saturated carbocycles. The molecule has 0 spiro atoms. The molecule has 0 saturated heterocycles. The smallest absolute Gasteiger partial charge is 0.336 e. The highest BCUT2D eigenvalue weighted by Gasteiger charge is 2.15. The molecule has 1 N–H and O–H groups in total. The number of carboxylic acids is 1. The van der Waals surface area contributed by atoms with Gasteiger partial charge in [-0.2, -0.15) is 0 Å². The highest BCUT2D eigenvalue weighted by Crippen LogP contribution is 2.36. The molecule has 1 heterocycles. The number of carbonyl (C=O) groups excluding carboxylic acids is 1. The minimum atomic E-state index is -0.890. The first kappa shape index (κ1) is 18.1. The highest BCUT2D eigenvalue weighted by atomic mass is 32.1. The van der Waals surface area contributed by atoms with Crippen LogP contribution >= 0.6 is 11.3 Å². The van der Waals surface area contributed by atoms with E-state index in [0.29, 0.717) is 5.56 Å². The van der Waals surface area contributed by atoms with Gasteiger partial charge in [-0.3, -0.25) is 4.79 Å². The molecule has 2 aromatic carbocycles. The fourth-order valence-electron chi connectivity index (χ4n) is 3.58. The number of hydrogen-bond acceptors (Lipinski definition) is 3. The largest absolute Gasteiger partial charge is 0.478 e. The van der Waals surface area contributed by atoms with E-state index >= 15 is 0 Å². The molecular formula is C22H20O3S. The summed E-state index contributed by atoms with van der Waals surface area (Å²) < 4.78 is 0. The van der Waals surface area contributed by atoms with Crippen LogP contribution in [0.2, 0.25) is 0 Å². The van der Waals surface area contributed by atoms with Crippen LogP contribution < -0.4 is 0 Å². The molecule has 0 unspecified atom stereocenters. The Hall–Kier alpha value is -2.72. The Bertz CT molecular complexity index is 982. The topological polar surface area (TPSA) is 54.4 Å². The van der Waals surface area contributed by atoms with E-state index in [1.54, 1.807) is 0 Å². The molecule has 3 rings (SSSR count). The third-order valence-corrected chi connectivity index (χ3v) is 5.66. The molecule has 0 aliphatic rings. The number of carboxylic acid groups (broad SMARTS) is 1. The van der Waals surface area contributed by atoms with E-state index in [4.69, 9.17) is 0 Å². The Kier molecular flexibility index (Phi) is 4.79. The van der Waals surface area contributed by atoms with Gasteiger partial charge in [-0.25, -0.2) is 4.79 Å². The summed E-state index contributed by atoms with van der Waals surface area (Å²) in [6.07, 6.45) is 0.873. The second kappa shape index (κ2) is 6.89. The molecule has 132 valence electrons. The van der Waals surface area contributed by atoms with Gasteiger partial charge in [-0.1, -0.05) is 12.1 Å². The van der Waals surface area contributed by atoms with Crippen molar-refractivity contribution in [3.05, 3.63) is 69.1 Å². The van der Waals surface area contributed by atoms with Gasteiger partial charge in [0.15, 0.2) is 6.29 Å².